The highest BCUT2D eigenvalue weighted by Gasteiger charge is 2.30. The van der Waals surface area contributed by atoms with Crippen LogP contribution in [0.2, 0.25) is 0 Å². The Morgan fingerprint density at radius 3 is 2.21 bits per heavy atom. The summed E-state index contributed by atoms with van der Waals surface area (Å²) < 4.78 is 0. The first-order valence-electron chi connectivity index (χ1n) is 8.51. The maximum absolute atomic E-state index is 3.78. The third-order valence-electron chi connectivity index (χ3n) is 5.35. The molecular formula is C16H31N3. The van der Waals surface area contributed by atoms with E-state index in [9.17, 15) is 0 Å². The van der Waals surface area contributed by atoms with Crippen LogP contribution in [0.4, 0.5) is 0 Å². The number of rotatable bonds is 5. The van der Waals surface area contributed by atoms with E-state index >= 15 is 0 Å². The number of nitrogens with zero attached hydrogens (tertiary/aromatic N) is 2. The van der Waals surface area contributed by atoms with Crippen molar-refractivity contribution in [3.63, 3.8) is 0 Å². The summed E-state index contributed by atoms with van der Waals surface area (Å²) in [6, 6.07) is 1.77. The maximum atomic E-state index is 3.78. The van der Waals surface area contributed by atoms with Gasteiger partial charge in [0, 0.05) is 51.4 Å². The molecule has 1 heterocycles. The lowest BCUT2D eigenvalue weighted by Gasteiger charge is -2.35. The van der Waals surface area contributed by atoms with Crippen LogP contribution in [0.25, 0.3) is 0 Å². The molecule has 0 radical (unpaired) electrons. The molecule has 3 nitrogen and oxygen atoms in total. The topological polar surface area (TPSA) is 18.5 Å². The Morgan fingerprint density at radius 2 is 1.58 bits per heavy atom. The Kier molecular flexibility index (Phi) is 4.78. The number of piperazine rings is 1. The second-order valence-electron chi connectivity index (χ2n) is 7.02. The molecule has 1 saturated heterocycles. The third-order valence-corrected chi connectivity index (χ3v) is 5.35. The number of hydrogen-bond donors (Lipinski definition) is 1. The highest BCUT2D eigenvalue weighted by molar-refractivity contribution is 4.87. The van der Waals surface area contributed by atoms with Crippen LogP contribution in [0.3, 0.4) is 0 Å². The minimum atomic E-state index is 0.809. The van der Waals surface area contributed by atoms with Crippen molar-refractivity contribution in [1.82, 2.24) is 15.1 Å². The summed E-state index contributed by atoms with van der Waals surface area (Å²) in [6.45, 7) is 10.1. The second kappa shape index (κ2) is 6.55. The Hall–Kier alpha value is -0.120. The third kappa shape index (κ3) is 4.17. The highest BCUT2D eigenvalue weighted by Crippen LogP contribution is 2.27. The first kappa shape index (κ1) is 13.8. The fraction of sp³-hybridized carbons (Fsp3) is 1.00. The van der Waals surface area contributed by atoms with Gasteiger partial charge in [0.25, 0.3) is 0 Å². The van der Waals surface area contributed by atoms with Gasteiger partial charge in [-0.2, -0.15) is 0 Å². The average molecular weight is 265 g/mol. The van der Waals surface area contributed by atoms with Crippen molar-refractivity contribution in [2.24, 2.45) is 5.92 Å². The van der Waals surface area contributed by atoms with Gasteiger partial charge in [-0.25, -0.2) is 0 Å². The molecule has 1 N–H and O–H groups in total. The molecule has 3 aliphatic rings. The van der Waals surface area contributed by atoms with Crippen molar-refractivity contribution in [1.29, 1.82) is 0 Å². The van der Waals surface area contributed by atoms with Gasteiger partial charge in [0.05, 0.1) is 0 Å². The zero-order chi connectivity index (χ0) is 13.1. The van der Waals surface area contributed by atoms with Crippen molar-refractivity contribution >= 4 is 0 Å². The van der Waals surface area contributed by atoms with Gasteiger partial charge in [0.1, 0.15) is 0 Å². The molecule has 2 saturated carbocycles. The lowest BCUT2D eigenvalue weighted by Crippen LogP contribution is -2.49. The van der Waals surface area contributed by atoms with Crippen LogP contribution in [0.5, 0.6) is 0 Å². The van der Waals surface area contributed by atoms with E-state index in [1.165, 1.54) is 77.8 Å². The molecule has 0 aromatic rings. The molecule has 1 aliphatic heterocycles. The Labute approximate surface area is 118 Å². The highest BCUT2D eigenvalue weighted by atomic mass is 15.3. The predicted octanol–water partition coefficient (Wildman–Crippen LogP) is 1.93. The monoisotopic (exact) mass is 265 g/mol. The molecule has 3 heteroatoms. The van der Waals surface area contributed by atoms with Crippen molar-refractivity contribution in [2.75, 3.05) is 39.3 Å². The van der Waals surface area contributed by atoms with Crippen molar-refractivity contribution in [3.8, 4) is 0 Å². The maximum Gasteiger partial charge on any atom is 0.0113 e. The van der Waals surface area contributed by atoms with Crippen molar-refractivity contribution in [2.45, 2.75) is 57.5 Å². The summed E-state index contributed by atoms with van der Waals surface area (Å²) in [7, 11) is 0. The quantitative estimate of drug-likeness (QED) is 0.819. The average Bonchev–Trinajstić information content (AvgIpc) is 3.26. The molecule has 0 atom stereocenters. The molecule has 19 heavy (non-hydrogen) atoms. The molecule has 3 fully saturated rings. The van der Waals surface area contributed by atoms with Gasteiger partial charge in [-0.15, -0.1) is 0 Å². The van der Waals surface area contributed by atoms with E-state index in [-0.39, 0.29) is 0 Å². The van der Waals surface area contributed by atoms with Gasteiger partial charge in [-0.05, 0) is 44.4 Å². The first-order valence-corrected chi connectivity index (χ1v) is 8.51. The molecule has 0 unspecified atom stereocenters. The van der Waals surface area contributed by atoms with Gasteiger partial charge in [-0.1, -0.05) is 6.92 Å². The Bertz CT molecular complexity index is 261. The Morgan fingerprint density at radius 1 is 0.895 bits per heavy atom. The van der Waals surface area contributed by atoms with Gasteiger partial charge in [-0.3, -0.25) is 9.80 Å². The molecule has 0 aromatic heterocycles. The van der Waals surface area contributed by atoms with Gasteiger partial charge in [0.15, 0.2) is 0 Å². The van der Waals surface area contributed by atoms with E-state index in [2.05, 4.69) is 22.0 Å². The van der Waals surface area contributed by atoms with Crippen LogP contribution in [-0.2, 0) is 0 Å². The van der Waals surface area contributed by atoms with E-state index in [1.807, 2.05) is 0 Å². The molecule has 0 aromatic carbocycles. The van der Waals surface area contributed by atoms with Crippen molar-refractivity contribution < 1.29 is 0 Å². The van der Waals surface area contributed by atoms with Gasteiger partial charge in [0.2, 0.25) is 0 Å². The summed E-state index contributed by atoms with van der Waals surface area (Å²) in [6.07, 6.45) is 8.58. The van der Waals surface area contributed by atoms with Crippen LogP contribution in [0, 0.1) is 5.92 Å². The largest absolute Gasteiger partial charge is 0.313 e. The molecule has 110 valence electrons. The van der Waals surface area contributed by atoms with Crippen LogP contribution >= 0.6 is 0 Å². The zero-order valence-corrected chi connectivity index (χ0v) is 12.6. The van der Waals surface area contributed by atoms with Crippen molar-refractivity contribution in [3.05, 3.63) is 0 Å². The number of hydrogen-bond acceptors (Lipinski definition) is 3. The molecule has 0 spiro atoms. The lowest BCUT2D eigenvalue weighted by atomic mass is 9.87. The fourth-order valence-corrected chi connectivity index (χ4v) is 3.68. The summed E-state index contributed by atoms with van der Waals surface area (Å²) in [4.78, 5) is 5.35. The van der Waals surface area contributed by atoms with Crippen LogP contribution in [0.1, 0.15) is 45.4 Å². The molecule has 2 aliphatic carbocycles. The molecule has 0 amide bonds. The zero-order valence-electron chi connectivity index (χ0n) is 12.6. The second-order valence-corrected chi connectivity index (χ2v) is 7.02. The van der Waals surface area contributed by atoms with E-state index in [1.54, 1.807) is 0 Å². The van der Waals surface area contributed by atoms with E-state index in [4.69, 9.17) is 0 Å². The smallest absolute Gasteiger partial charge is 0.0113 e. The van der Waals surface area contributed by atoms with Crippen LogP contribution in [-0.4, -0.2) is 61.2 Å². The van der Waals surface area contributed by atoms with E-state index < -0.39 is 0 Å². The summed E-state index contributed by atoms with van der Waals surface area (Å²) >= 11 is 0. The van der Waals surface area contributed by atoms with Crippen LogP contribution < -0.4 is 5.32 Å². The fourth-order valence-electron chi connectivity index (χ4n) is 3.68. The molecule has 3 rings (SSSR count). The van der Waals surface area contributed by atoms with Gasteiger partial charge < -0.3 is 5.32 Å². The van der Waals surface area contributed by atoms with Gasteiger partial charge >= 0.3 is 0 Å². The SMILES string of the molecule is CC1CCC(NCCN2CCN(C3CC3)CC2)CC1. The van der Waals surface area contributed by atoms with E-state index in [0.717, 1.165) is 18.0 Å². The molecule has 0 bridgehead atoms. The minimum absolute atomic E-state index is 0.809. The normalized spacial score (nSPS) is 34.6. The first-order chi connectivity index (χ1) is 9.31. The lowest BCUT2D eigenvalue weighted by molar-refractivity contribution is 0.125. The summed E-state index contributed by atoms with van der Waals surface area (Å²) in [5.41, 5.74) is 0. The summed E-state index contributed by atoms with van der Waals surface area (Å²) in [5.74, 6) is 0.966. The Balaban J connectivity index is 1.26. The number of nitrogens with one attached hydrogen (secondary N) is 1. The standard InChI is InChI=1S/C16H31N3/c1-14-2-4-15(5-3-14)17-8-9-18-10-12-19(13-11-18)16-6-7-16/h14-17H,2-13H2,1H3. The minimum Gasteiger partial charge on any atom is -0.313 e. The van der Waals surface area contributed by atoms with Crippen LogP contribution in [0.15, 0.2) is 0 Å². The molecular weight excluding hydrogens is 234 g/mol. The summed E-state index contributed by atoms with van der Waals surface area (Å²) in [5, 5.41) is 3.78. The predicted molar refractivity (Wildman–Crippen MR) is 80.5 cm³/mol. The van der Waals surface area contributed by atoms with E-state index in [0.29, 0.717) is 0 Å².